The van der Waals surface area contributed by atoms with Gasteiger partial charge in [-0.15, -0.1) is 0 Å². The third-order valence-electron chi connectivity index (χ3n) is 3.23. The van der Waals surface area contributed by atoms with E-state index >= 15 is 0 Å². The molecule has 1 heterocycles. The summed E-state index contributed by atoms with van der Waals surface area (Å²) in [6.45, 7) is 2.29. The monoisotopic (exact) mass is 279 g/mol. The molecular weight excluding hydrogens is 262 g/mol. The molecule has 0 saturated carbocycles. The maximum atomic E-state index is 12.1. The average Bonchev–Trinajstić information content (AvgIpc) is 2.46. The molecule has 1 saturated heterocycles. The minimum atomic E-state index is -3.52. The van der Waals surface area contributed by atoms with Crippen LogP contribution in [0.1, 0.15) is 18.4 Å². The Balaban J connectivity index is 2.03. The van der Waals surface area contributed by atoms with E-state index in [1.165, 1.54) is 12.1 Å². The van der Waals surface area contributed by atoms with Crippen molar-refractivity contribution in [3.05, 3.63) is 29.8 Å². The molecule has 0 spiro atoms. The van der Waals surface area contributed by atoms with Crippen LogP contribution < -0.4 is 10.0 Å². The van der Waals surface area contributed by atoms with Gasteiger partial charge in [0.25, 0.3) is 0 Å². The maximum Gasteiger partial charge on any atom is 0.240 e. The average molecular weight is 279 g/mol. The molecule has 5 nitrogen and oxygen atoms in total. The van der Waals surface area contributed by atoms with Crippen LogP contribution in [0.5, 0.6) is 0 Å². The van der Waals surface area contributed by atoms with Crippen molar-refractivity contribution in [2.75, 3.05) is 19.6 Å². The van der Waals surface area contributed by atoms with Crippen LogP contribution >= 0.6 is 0 Å². The summed E-state index contributed by atoms with van der Waals surface area (Å²) in [7, 11) is -3.52. The van der Waals surface area contributed by atoms with Gasteiger partial charge in [-0.05, 0) is 50.0 Å². The molecule has 6 heteroatoms. The van der Waals surface area contributed by atoms with Gasteiger partial charge in [0.05, 0.1) is 16.5 Å². The van der Waals surface area contributed by atoms with Crippen molar-refractivity contribution >= 4 is 10.0 Å². The molecule has 1 unspecified atom stereocenters. The van der Waals surface area contributed by atoms with Crippen LogP contribution in [0.3, 0.4) is 0 Å². The van der Waals surface area contributed by atoms with Gasteiger partial charge in [0.2, 0.25) is 10.0 Å². The highest BCUT2D eigenvalue weighted by Crippen LogP contribution is 2.13. The molecule has 1 atom stereocenters. The van der Waals surface area contributed by atoms with E-state index in [2.05, 4.69) is 10.0 Å². The highest BCUT2D eigenvalue weighted by Gasteiger charge is 2.18. The minimum Gasteiger partial charge on any atom is -0.316 e. The van der Waals surface area contributed by atoms with Crippen molar-refractivity contribution < 1.29 is 8.42 Å². The largest absolute Gasteiger partial charge is 0.316 e. The number of piperidine rings is 1. The second-order valence-electron chi connectivity index (χ2n) is 4.70. The van der Waals surface area contributed by atoms with E-state index in [4.69, 9.17) is 5.26 Å². The van der Waals surface area contributed by atoms with Gasteiger partial charge in [0.1, 0.15) is 0 Å². The fraction of sp³-hybridized carbons (Fsp3) is 0.462. The van der Waals surface area contributed by atoms with E-state index in [0.29, 0.717) is 18.0 Å². The van der Waals surface area contributed by atoms with Gasteiger partial charge < -0.3 is 5.32 Å². The molecule has 0 aromatic heterocycles. The second-order valence-corrected chi connectivity index (χ2v) is 6.47. The topological polar surface area (TPSA) is 82.0 Å². The fourth-order valence-corrected chi connectivity index (χ4v) is 3.30. The van der Waals surface area contributed by atoms with Crippen molar-refractivity contribution in [2.45, 2.75) is 17.7 Å². The second kappa shape index (κ2) is 6.15. The van der Waals surface area contributed by atoms with E-state index < -0.39 is 10.0 Å². The Morgan fingerprint density at radius 2 is 2.32 bits per heavy atom. The molecule has 0 bridgehead atoms. The Morgan fingerprint density at radius 3 is 3.00 bits per heavy atom. The Morgan fingerprint density at radius 1 is 1.47 bits per heavy atom. The summed E-state index contributed by atoms with van der Waals surface area (Å²) < 4.78 is 26.8. The highest BCUT2D eigenvalue weighted by molar-refractivity contribution is 7.89. The van der Waals surface area contributed by atoms with E-state index in [9.17, 15) is 8.42 Å². The first-order chi connectivity index (χ1) is 9.12. The number of rotatable bonds is 4. The van der Waals surface area contributed by atoms with Gasteiger partial charge in [-0.3, -0.25) is 0 Å². The Labute approximate surface area is 113 Å². The smallest absolute Gasteiger partial charge is 0.240 e. The summed E-state index contributed by atoms with van der Waals surface area (Å²) in [5.74, 6) is 0.336. The third kappa shape index (κ3) is 3.77. The number of benzene rings is 1. The lowest BCUT2D eigenvalue weighted by Gasteiger charge is -2.22. The quantitative estimate of drug-likeness (QED) is 0.855. The predicted molar refractivity (Wildman–Crippen MR) is 71.9 cm³/mol. The number of hydrogen-bond donors (Lipinski definition) is 2. The minimum absolute atomic E-state index is 0.148. The third-order valence-corrected chi connectivity index (χ3v) is 4.66. The molecule has 102 valence electrons. The predicted octanol–water partition coefficient (Wildman–Crippen LogP) is 0.836. The van der Waals surface area contributed by atoms with Crippen LogP contribution in [0.25, 0.3) is 0 Å². The number of nitriles is 1. The lowest BCUT2D eigenvalue weighted by atomic mass is 10.0. The van der Waals surface area contributed by atoms with Crippen molar-refractivity contribution in [2.24, 2.45) is 5.92 Å². The lowest BCUT2D eigenvalue weighted by Crippen LogP contribution is -2.38. The van der Waals surface area contributed by atoms with Gasteiger partial charge in [-0.25, -0.2) is 13.1 Å². The summed E-state index contributed by atoms with van der Waals surface area (Å²) in [4.78, 5) is 0.148. The molecule has 1 aromatic carbocycles. The number of sulfonamides is 1. The van der Waals surface area contributed by atoms with Crippen molar-refractivity contribution in [3.63, 3.8) is 0 Å². The first-order valence-electron chi connectivity index (χ1n) is 6.32. The Hall–Kier alpha value is -1.42. The van der Waals surface area contributed by atoms with Crippen molar-refractivity contribution in [3.8, 4) is 6.07 Å². The number of hydrogen-bond acceptors (Lipinski definition) is 4. The molecule has 0 amide bonds. The molecule has 1 aliphatic rings. The molecule has 1 aromatic rings. The van der Waals surface area contributed by atoms with Crippen molar-refractivity contribution in [1.29, 1.82) is 5.26 Å². The van der Waals surface area contributed by atoms with Crippen LogP contribution in [0.15, 0.2) is 29.2 Å². The summed E-state index contributed by atoms with van der Waals surface area (Å²) in [5, 5.41) is 12.0. The zero-order chi connectivity index (χ0) is 13.7. The van der Waals surface area contributed by atoms with Gasteiger partial charge >= 0.3 is 0 Å². The van der Waals surface area contributed by atoms with E-state index in [0.717, 1.165) is 25.9 Å². The maximum absolute atomic E-state index is 12.1. The Bertz CT molecular complexity index is 572. The summed E-state index contributed by atoms with van der Waals surface area (Å²) in [5.41, 5.74) is 0.349. The molecule has 2 rings (SSSR count). The zero-order valence-electron chi connectivity index (χ0n) is 10.6. The molecule has 19 heavy (non-hydrogen) atoms. The van der Waals surface area contributed by atoms with E-state index in [-0.39, 0.29) is 4.90 Å². The van der Waals surface area contributed by atoms with Crippen LogP contribution in [-0.2, 0) is 10.0 Å². The van der Waals surface area contributed by atoms with Crippen molar-refractivity contribution in [1.82, 2.24) is 10.0 Å². The van der Waals surface area contributed by atoms with Gasteiger partial charge in [0.15, 0.2) is 0 Å². The standard InChI is InChI=1S/C13H17N3O2S/c14-8-11-3-1-5-13(7-11)19(17,18)16-10-12-4-2-6-15-9-12/h1,3,5,7,12,15-16H,2,4,6,9-10H2. The molecular formula is C13H17N3O2S. The zero-order valence-corrected chi connectivity index (χ0v) is 11.4. The van der Waals surface area contributed by atoms with Gasteiger partial charge in [-0.1, -0.05) is 6.07 Å². The van der Waals surface area contributed by atoms with Gasteiger partial charge in [0, 0.05) is 6.54 Å². The Kier molecular flexibility index (Phi) is 4.53. The van der Waals surface area contributed by atoms with Crippen LogP contribution in [0, 0.1) is 17.2 Å². The van der Waals surface area contributed by atoms with Crippen LogP contribution in [-0.4, -0.2) is 28.1 Å². The molecule has 0 aliphatic carbocycles. The molecule has 1 fully saturated rings. The lowest BCUT2D eigenvalue weighted by molar-refractivity contribution is 0.376. The SMILES string of the molecule is N#Cc1cccc(S(=O)(=O)NCC2CCCNC2)c1. The normalized spacial score (nSPS) is 19.8. The van der Waals surface area contributed by atoms with E-state index in [1.54, 1.807) is 12.1 Å². The number of nitrogens with one attached hydrogen (secondary N) is 2. The summed E-state index contributed by atoms with van der Waals surface area (Å²) in [6.07, 6.45) is 2.12. The van der Waals surface area contributed by atoms with Crippen LogP contribution in [0.2, 0.25) is 0 Å². The van der Waals surface area contributed by atoms with E-state index in [1.807, 2.05) is 6.07 Å². The number of nitrogens with zero attached hydrogens (tertiary/aromatic N) is 1. The summed E-state index contributed by atoms with van der Waals surface area (Å²) >= 11 is 0. The molecule has 1 aliphatic heterocycles. The van der Waals surface area contributed by atoms with Gasteiger partial charge in [-0.2, -0.15) is 5.26 Å². The fourth-order valence-electron chi connectivity index (χ4n) is 2.14. The first-order valence-corrected chi connectivity index (χ1v) is 7.81. The molecule has 2 N–H and O–H groups in total. The highest BCUT2D eigenvalue weighted by atomic mass is 32.2. The van der Waals surface area contributed by atoms with Crippen LogP contribution in [0.4, 0.5) is 0 Å². The molecule has 0 radical (unpaired) electrons. The first kappa shape index (κ1) is 14.0. The summed E-state index contributed by atoms with van der Waals surface area (Å²) in [6, 6.07) is 8.00.